The zero-order chi connectivity index (χ0) is 13.5. The van der Waals surface area contributed by atoms with Gasteiger partial charge in [-0.2, -0.15) is 0 Å². The van der Waals surface area contributed by atoms with Crippen molar-refractivity contribution >= 4 is 0 Å². The molecule has 2 heterocycles. The van der Waals surface area contributed by atoms with Crippen molar-refractivity contribution in [1.82, 2.24) is 9.80 Å². The topological polar surface area (TPSA) is 15.7 Å². The summed E-state index contributed by atoms with van der Waals surface area (Å²) in [7, 11) is 1.78. The molecule has 0 atom stereocenters. The van der Waals surface area contributed by atoms with Gasteiger partial charge >= 0.3 is 0 Å². The Morgan fingerprint density at radius 3 is 2.42 bits per heavy atom. The number of nitrogens with zero attached hydrogens (tertiary/aromatic N) is 2. The number of methoxy groups -OCH3 is 1. The minimum Gasteiger partial charge on any atom is -0.381 e. The van der Waals surface area contributed by atoms with E-state index in [1.54, 1.807) is 7.11 Å². The summed E-state index contributed by atoms with van der Waals surface area (Å²) >= 11 is 0. The third-order valence-electron chi connectivity index (χ3n) is 4.52. The largest absolute Gasteiger partial charge is 0.381 e. The minimum absolute atomic E-state index is 0.751. The summed E-state index contributed by atoms with van der Waals surface area (Å²) in [6, 6.07) is 0.851. The highest BCUT2D eigenvalue weighted by molar-refractivity contribution is 5.03. The van der Waals surface area contributed by atoms with Crippen molar-refractivity contribution in [2.45, 2.75) is 51.5 Å². The maximum atomic E-state index is 5.20. The van der Waals surface area contributed by atoms with Crippen molar-refractivity contribution in [3.8, 4) is 0 Å². The lowest BCUT2D eigenvalue weighted by Crippen LogP contribution is -2.43. The van der Waals surface area contributed by atoms with Crippen molar-refractivity contribution in [3.63, 3.8) is 0 Å². The van der Waals surface area contributed by atoms with Gasteiger partial charge in [-0.05, 0) is 51.3 Å². The zero-order valence-electron chi connectivity index (χ0n) is 12.7. The molecule has 0 N–H and O–H groups in total. The maximum absolute atomic E-state index is 5.20. The molecule has 0 amide bonds. The van der Waals surface area contributed by atoms with Gasteiger partial charge in [0.05, 0.1) is 6.61 Å². The Balaban J connectivity index is 1.82. The normalized spacial score (nSPS) is 23.3. The summed E-state index contributed by atoms with van der Waals surface area (Å²) in [5.74, 6) is 0. The molecule has 0 aromatic rings. The molecule has 3 heteroatoms. The van der Waals surface area contributed by atoms with E-state index in [1.807, 2.05) is 0 Å². The smallest absolute Gasteiger partial charge is 0.0663 e. The van der Waals surface area contributed by atoms with Gasteiger partial charge in [0.2, 0.25) is 0 Å². The van der Waals surface area contributed by atoms with E-state index in [0.717, 1.165) is 12.6 Å². The standard InChI is InChI=1S/C16H30N2O/c1-3-6-15(9-14-19-2)18-12-7-16(8-13-18)17-10-4-5-11-17/h9,16H,3-8,10-14H2,1-2H3/b15-9+. The third kappa shape index (κ3) is 4.22. The van der Waals surface area contributed by atoms with Gasteiger partial charge < -0.3 is 14.5 Å². The number of hydrogen-bond acceptors (Lipinski definition) is 3. The SMILES string of the molecule is CCC/C(=C\COC)N1CCC(N2CCCC2)CC1. The molecule has 2 aliphatic heterocycles. The Labute approximate surface area is 118 Å². The lowest BCUT2D eigenvalue weighted by molar-refractivity contribution is 0.143. The van der Waals surface area contributed by atoms with E-state index in [0.29, 0.717) is 0 Å². The van der Waals surface area contributed by atoms with E-state index >= 15 is 0 Å². The Kier molecular flexibility index (Phi) is 6.18. The van der Waals surface area contributed by atoms with E-state index in [1.165, 1.54) is 70.4 Å². The molecule has 0 aromatic carbocycles. The fraction of sp³-hybridized carbons (Fsp3) is 0.875. The van der Waals surface area contributed by atoms with Crippen molar-refractivity contribution in [1.29, 1.82) is 0 Å². The highest BCUT2D eigenvalue weighted by Gasteiger charge is 2.26. The van der Waals surface area contributed by atoms with Gasteiger partial charge in [-0.25, -0.2) is 0 Å². The minimum atomic E-state index is 0.751. The summed E-state index contributed by atoms with van der Waals surface area (Å²) in [5.41, 5.74) is 1.50. The van der Waals surface area contributed by atoms with Crippen LogP contribution >= 0.6 is 0 Å². The van der Waals surface area contributed by atoms with Crippen LogP contribution in [0.4, 0.5) is 0 Å². The number of hydrogen-bond donors (Lipinski definition) is 0. The number of likely N-dealkylation sites (tertiary alicyclic amines) is 2. The fourth-order valence-corrected chi connectivity index (χ4v) is 3.45. The molecule has 2 rings (SSSR count). The molecule has 0 aliphatic carbocycles. The number of rotatable bonds is 6. The molecule has 2 aliphatic rings. The molecule has 19 heavy (non-hydrogen) atoms. The first-order valence-electron chi connectivity index (χ1n) is 8.02. The highest BCUT2D eigenvalue weighted by atomic mass is 16.5. The van der Waals surface area contributed by atoms with Gasteiger partial charge in [0.1, 0.15) is 0 Å². The van der Waals surface area contributed by atoms with Crippen LogP contribution in [0.2, 0.25) is 0 Å². The van der Waals surface area contributed by atoms with E-state index in [2.05, 4.69) is 22.8 Å². The second-order valence-corrected chi connectivity index (χ2v) is 5.86. The van der Waals surface area contributed by atoms with Gasteiger partial charge in [0, 0.05) is 31.9 Å². The van der Waals surface area contributed by atoms with Crippen LogP contribution in [0.25, 0.3) is 0 Å². The number of piperidine rings is 1. The average Bonchev–Trinajstić information content (AvgIpc) is 2.98. The Morgan fingerprint density at radius 1 is 1.16 bits per heavy atom. The van der Waals surface area contributed by atoms with E-state index < -0.39 is 0 Å². The summed E-state index contributed by atoms with van der Waals surface area (Å²) in [6.07, 6.45) is 10.2. The summed E-state index contributed by atoms with van der Waals surface area (Å²) in [5, 5.41) is 0. The van der Waals surface area contributed by atoms with Crippen molar-refractivity contribution in [2.24, 2.45) is 0 Å². The quantitative estimate of drug-likeness (QED) is 0.735. The van der Waals surface area contributed by atoms with Gasteiger partial charge in [-0.15, -0.1) is 0 Å². The predicted octanol–water partition coefficient (Wildman–Crippen LogP) is 2.88. The summed E-state index contributed by atoms with van der Waals surface area (Å²) in [4.78, 5) is 5.31. The van der Waals surface area contributed by atoms with Crippen LogP contribution in [0.15, 0.2) is 11.8 Å². The maximum Gasteiger partial charge on any atom is 0.0663 e. The monoisotopic (exact) mass is 266 g/mol. The number of ether oxygens (including phenoxy) is 1. The van der Waals surface area contributed by atoms with Gasteiger partial charge in [-0.3, -0.25) is 0 Å². The second kappa shape index (κ2) is 7.91. The molecular formula is C16H30N2O. The van der Waals surface area contributed by atoms with Crippen molar-refractivity contribution < 1.29 is 4.74 Å². The van der Waals surface area contributed by atoms with Gasteiger partial charge in [0.15, 0.2) is 0 Å². The first-order valence-corrected chi connectivity index (χ1v) is 8.02. The Hall–Kier alpha value is -0.540. The Morgan fingerprint density at radius 2 is 1.84 bits per heavy atom. The highest BCUT2D eigenvalue weighted by Crippen LogP contribution is 2.24. The van der Waals surface area contributed by atoms with E-state index in [9.17, 15) is 0 Å². The molecule has 3 nitrogen and oxygen atoms in total. The molecule has 0 unspecified atom stereocenters. The molecule has 0 aromatic heterocycles. The first-order chi connectivity index (χ1) is 9.35. The van der Waals surface area contributed by atoms with E-state index in [-0.39, 0.29) is 0 Å². The van der Waals surface area contributed by atoms with Crippen LogP contribution in [0.3, 0.4) is 0 Å². The van der Waals surface area contributed by atoms with Gasteiger partial charge in [-0.1, -0.05) is 13.3 Å². The predicted molar refractivity (Wildman–Crippen MR) is 80.3 cm³/mol. The van der Waals surface area contributed by atoms with Crippen LogP contribution in [0.1, 0.15) is 45.4 Å². The first kappa shape index (κ1) is 14.9. The van der Waals surface area contributed by atoms with Crippen molar-refractivity contribution in [2.75, 3.05) is 39.9 Å². The molecule has 2 fully saturated rings. The molecular weight excluding hydrogens is 236 g/mol. The van der Waals surface area contributed by atoms with Gasteiger partial charge in [0.25, 0.3) is 0 Å². The Bertz CT molecular complexity index is 276. The molecule has 2 saturated heterocycles. The fourth-order valence-electron chi connectivity index (χ4n) is 3.45. The summed E-state index contributed by atoms with van der Waals surface area (Å²) in [6.45, 7) is 8.16. The van der Waals surface area contributed by atoms with Crippen LogP contribution in [0.5, 0.6) is 0 Å². The van der Waals surface area contributed by atoms with Crippen molar-refractivity contribution in [3.05, 3.63) is 11.8 Å². The number of allylic oxidation sites excluding steroid dienone is 1. The molecule has 110 valence electrons. The summed E-state index contributed by atoms with van der Waals surface area (Å²) < 4.78 is 5.20. The van der Waals surface area contributed by atoms with Crippen LogP contribution in [-0.4, -0.2) is 55.7 Å². The lowest BCUT2D eigenvalue weighted by atomic mass is 10.0. The van der Waals surface area contributed by atoms with E-state index in [4.69, 9.17) is 4.74 Å². The molecule has 0 saturated carbocycles. The van der Waals surface area contributed by atoms with Crippen LogP contribution in [0, 0.1) is 0 Å². The lowest BCUT2D eigenvalue weighted by Gasteiger charge is -2.39. The average molecular weight is 266 g/mol. The zero-order valence-corrected chi connectivity index (χ0v) is 12.7. The van der Waals surface area contributed by atoms with Crippen LogP contribution in [-0.2, 0) is 4.74 Å². The third-order valence-corrected chi connectivity index (χ3v) is 4.52. The molecule has 0 radical (unpaired) electrons. The second-order valence-electron chi connectivity index (χ2n) is 5.86. The van der Waals surface area contributed by atoms with Crippen LogP contribution < -0.4 is 0 Å². The molecule has 0 spiro atoms. The molecule has 0 bridgehead atoms.